The number of rotatable bonds is 6. The maximum absolute atomic E-state index is 6.10. The highest BCUT2D eigenvalue weighted by molar-refractivity contribution is 7.09. The molecule has 2 aromatic rings. The Morgan fingerprint density at radius 2 is 2.21 bits per heavy atom. The van der Waals surface area contributed by atoms with E-state index in [0.29, 0.717) is 12.0 Å². The molecule has 0 bridgehead atoms. The summed E-state index contributed by atoms with van der Waals surface area (Å²) in [5.41, 5.74) is 3.18. The molecule has 2 nitrogen and oxygen atoms in total. The van der Waals surface area contributed by atoms with E-state index in [2.05, 4.69) is 36.3 Å². The standard InChI is InChI=1S/C15H19ClN2S/c1-11(2)18-8-13(7-15-9-17-10-19-15)12-4-3-5-14(16)6-12/h3-6,9-11,13,18H,7-8H2,1-2H3. The molecule has 2 rings (SSSR count). The fourth-order valence-corrected chi connectivity index (χ4v) is 2.91. The van der Waals surface area contributed by atoms with E-state index in [1.165, 1.54) is 10.4 Å². The van der Waals surface area contributed by atoms with Gasteiger partial charge >= 0.3 is 0 Å². The van der Waals surface area contributed by atoms with Gasteiger partial charge in [0.05, 0.1) is 5.51 Å². The van der Waals surface area contributed by atoms with E-state index in [0.717, 1.165) is 18.0 Å². The van der Waals surface area contributed by atoms with Crippen LogP contribution >= 0.6 is 22.9 Å². The molecule has 4 heteroatoms. The van der Waals surface area contributed by atoms with Crippen molar-refractivity contribution in [2.45, 2.75) is 32.2 Å². The van der Waals surface area contributed by atoms with Gasteiger partial charge in [0.15, 0.2) is 0 Å². The summed E-state index contributed by atoms with van der Waals surface area (Å²) in [4.78, 5) is 5.47. The number of thiazole rings is 1. The van der Waals surface area contributed by atoms with E-state index in [-0.39, 0.29) is 0 Å². The fourth-order valence-electron chi connectivity index (χ4n) is 2.03. The third-order valence-corrected chi connectivity index (χ3v) is 4.06. The second-order valence-electron chi connectivity index (χ2n) is 4.99. The summed E-state index contributed by atoms with van der Waals surface area (Å²) in [5.74, 6) is 0.432. The van der Waals surface area contributed by atoms with Crippen LogP contribution in [0.3, 0.4) is 0 Å². The van der Waals surface area contributed by atoms with Gasteiger partial charge in [-0.15, -0.1) is 11.3 Å². The first-order chi connectivity index (χ1) is 9.15. The Kier molecular flexibility index (Phi) is 5.37. The van der Waals surface area contributed by atoms with Gasteiger partial charge in [-0.1, -0.05) is 37.6 Å². The largest absolute Gasteiger partial charge is 0.314 e. The SMILES string of the molecule is CC(C)NCC(Cc1cncs1)c1cccc(Cl)c1. The molecule has 0 aliphatic rings. The molecule has 1 unspecified atom stereocenters. The highest BCUT2D eigenvalue weighted by atomic mass is 35.5. The first-order valence-corrected chi connectivity index (χ1v) is 7.77. The summed E-state index contributed by atoms with van der Waals surface area (Å²) >= 11 is 7.82. The number of aromatic nitrogens is 1. The molecule has 1 heterocycles. The second-order valence-corrected chi connectivity index (χ2v) is 6.39. The topological polar surface area (TPSA) is 24.9 Å². The minimum absolute atomic E-state index is 0.432. The maximum atomic E-state index is 6.10. The van der Waals surface area contributed by atoms with E-state index in [9.17, 15) is 0 Å². The van der Waals surface area contributed by atoms with Crippen molar-refractivity contribution in [2.24, 2.45) is 0 Å². The number of nitrogens with zero attached hydrogens (tertiary/aromatic N) is 1. The zero-order valence-electron chi connectivity index (χ0n) is 11.3. The third kappa shape index (κ3) is 4.60. The van der Waals surface area contributed by atoms with E-state index in [4.69, 9.17) is 11.6 Å². The molecule has 1 atom stereocenters. The van der Waals surface area contributed by atoms with Crippen LogP contribution in [0.5, 0.6) is 0 Å². The molecule has 0 fully saturated rings. The van der Waals surface area contributed by atoms with E-state index in [1.54, 1.807) is 11.3 Å². The van der Waals surface area contributed by atoms with Gasteiger partial charge in [0.2, 0.25) is 0 Å². The van der Waals surface area contributed by atoms with Gasteiger partial charge in [-0.25, -0.2) is 0 Å². The lowest BCUT2D eigenvalue weighted by molar-refractivity contribution is 0.528. The predicted molar refractivity (Wildman–Crippen MR) is 83.1 cm³/mol. The summed E-state index contributed by atoms with van der Waals surface area (Å²) in [6.45, 7) is 5.29. The summed E-state index contributed by atoms with van der Waals surface area (Å²) in [7, 11) is 0. The highest BCUT2D eigenvalue weighted by Gasteiger charge is 2.14. The van der Waals surface area contributed by atoms with Crippen LogP contribution in [0.2, 0.25) is 5.02 Å². The molecular formula is C15H19ClN2S. The lowest BCUT2D eigenvalue weighted by Gasteiger charge is -2.19. The molecule has 1 aromatic heterocycles. The van der Waals surface area contributed by atoms with E-state index in [1.807, 2.05) is 23.8 Å². The Labute approximate surface area is 123 Å². The Bertz CT molecular complexity index is 497. The average Bonchev–Trinajstić information content (AvgIpc) is 2.87. The van der Waals surface area contributed by atoms with Gasteiger partial charge in [0, 0.05) is 34.6 Å². The Morgan fingerprint density at radius 1 is 1.37 bits per heavy atom. The lowest BCUT2D eigenvalue weighted by Crippen LogP contribution is -2.28. The number of halogens is 1. The summed E-state index contributed by atoms with van der Waals surface area (Å²) in [5, 5.41) is 4.32. The van der Waals surface area contributed by atoms with Crippen LogP contribution in [0.4, 0.5) is 0 Å². The van der Waals surface area contributed by atoms with Crippen LogP contribution in [0.15, 0.2) is 36.0 Å². The van der Waals surface area contributed by atoms with Crippen LogP contribution in [0, 0.1) is 0 Å². The Morgan fingerprint density at radius 3 is 2.84 bits per heavy atom. The van der Waals surface area contributed by atoms with Crippen molar-refractivity contribution in [3.63, 3.8) is 0 Å². The number of nitrogens with one attached hydrogen (secondary N) is 1. The van der Waals surface area contributed by atoms with Gasteiger partial charge in [0.1, 0.15) is 0 Å². The van der Waals surface area contributed by atoms with Crippen LogP contribution in [-0.2, 0) is 6.42 Å². The van der Waals surface area contributed by atoms with Crippen molar-refractivity contribution >= 4 is 22.9 Å². The molecule has 1 aromatic carbocycles. The van der Waals surface area contributed by atoms with Gasteiger partial charge in [-0.2, -0.15) is 0 Å². The van der Waals surface area contributed by atoms with Gasteiger partial charge < -0.3 is 5.32 Å². The molecule has 0 saturated heterocycles. The predicted octanol–water partition coefficient (Wildman–Crippen LogP) is 4.12. The molecule has 1 N–H and O–H groups in total. The lowest BCUT2D eigenvalue weighted by atomic mass is 9.95. The van der Waals surface area contributed by atoms with Crippen LogP contribution in [-0.4, -0.2) is 17.6 Å². The van der Waals surface area contributed by atoms with Crippen molar-refractivity contribution in [2.75, 3.05) is 6.54 Å². The fraction of sp³-hybridized carbons (Fsp3) is 0.400. The average molecular weight is 295 g/mol. The first kappa shape index (κ1) is 14.5. The van der Waals surface area contributed by atoms with E-state index < -0.39 is 0 Å². The minimum atomic E-state index is 0.432. The zero-order valence-corrected chi connectivity index (χ0v) is 12.8. The summed E-state index contributed by atoms with van der Waals surface area (Å²) in [6.07, 6.45) is 2.96. The number of hydrogen-bond donors (Lipinski definition) is 1. The normalized spacial score (nSPS) is 12.8. The quantitative estimate of drug-likeness (QED) is 0.867. The molecule has 0 spiro atoms. The number of hydrogen-bond acceptors (Lipinski definition) is 3. The molecule has 102 valence electrons. The molecule has 0 aliphatic carbocycles. The highest BCUT2D eigenvalue weighted by Crippen LogP contribution is 2.24. The molecular weight excluding hydrogens is 276 g/mol. The van der Waals surface area contributed by atoms with Crippen molar-refractivity contribution in [1.82, 2.24) is 10.3 Å². The van der Waals surface area contributed by atoms with Gasteiger partial charge in [0.25, 0.3) is 0 Å². The Balaban J connectivity index is 2.13. The number of benzene rings is 1. The van der Waals surface area contributed by atoms with Crippen LogP contribution in [0.25, 0.3) is 0 Å². The van der Waals surface area contributed by atoms with E-state index >= 15 is 0 Å². The zero-order chi connectivity index (χ0) is 13.7. The van der Waals surface area contributed by atoms with Crippen molar-refractivity contribution in [3.8, 4) is 0 Å². The summed E-state index contributed by atoms with van der Waals surface area (Å²) < 4.78 is 0. The third-order valence-electron chi connectivity index (χ3n) is 3.02. The smallest absolute Gasteiger partial charge is 0.0794 e. The maximum Gasteiger partial charge on any atom is 0.0794 e. The first-order valence-electron chi connectivity index (χ1n) is 6.51. The van der Waals surface area contributed by atoms with Crippen molar-refractivity contribution in [3.05, 3.63) is 51.4 Å². The van der Waals surface area contributed by atoms with Crippen molar-refractivity contribution in [1.29, 1.82) is 0 Å². The van der Waals surface area contributed by atoms with Gasteiger partial charge in [-0.3, -0.25) is 4.98 Å². The minimum Gasteiger partial charge on any atom is -0.314 e. The molecule has 0 aliphatic heterocycles. The van der Waals surface area contributed by atoms with Gasteiger partial charge in [-0.05, 0) is 24.1 Å². The Hall–Kier alpha value is -0.900. The molecule has 0 amide bonds. The van der Waals surface area contributed by atoms with Crippen LogP contribution in [0.1, 0.15) is 30.2 Å². The molecule has 0 radical (unpaired) electrons. The monoisotopic (exact) mass is 294 g/mol. The summed E-state index contributed by atoms with van der Waals surface area (Å²) in [6, 6.07) is 8.65. The second kappa shape index (κ2) is 7.04. The molecule has 19 heavy (non-hydrogen) atoms. The van der Waals surface area contributed by atoms with Crippen molar-refractivity contribution < 1.29 is 0 Å². The van der Waals surface area contributed by atoms with Crippen LogP contribution < -0.4 is 5.32 Å². The molecule has 0 saturated carbocycles.